The Bertz CT molecular complexity index is 479. The third kappa shape index (κ3) is 3.10. The Morgan fingerprint density at radius 1 is 1.35 bits per heavy atom. The first kappa shape index (κ1) is 11.7. The number of hydrogen-bond donors (Lipinski definition) is 2. The Hall–Kier alpha value is -1.75. The number of aromatic nitrogens is 2. The molecule has 0 saturated heterocycles. The van der Waals surface area contributed by atoms with Gasteiger partial charge in [-0.3, -0.25) is 9.89 Å². The third-order valence-electron chi connectivity index (χ3n) is 2.35. The summed E-state index contributed by atoms with van der Waals surface area (Å²) in [7, 11) is 0. The molecule has 2 N–H and O–H groups in total. The zero-order valence-electron chi connectivity index (χ0n) is 9.43. The van der Waals surface area contributed by atoms with Crippen molar-refractivity contribution in [1.29, 1.82) is 0 Å². The molecule has 0 bridgehead atoms. The van der Waals surface area contributed by atoms with Crippen molar-refractivity contribution in [3.63, 3.8) is 0 Å². The van der Waals surface area contributed by atoms with E-state index in [2.05, 4.69) is 15.5 Å². The maximum Gasteiger partial charge on any atom is 0.251 e. The Morgan fingerprint density at radius 3 is 2.71 bits per heavy atom. The minimum Gasteiger partial charge on any atom is -0.346 e. The highest BCUT2D eigenvalue weighted by Gasteiger charge is 2.05. The van der Waals surface area contributed by atoms with Gasteiger partial charge in [-0.15, -0.1) is 11.8 Å². The van der Waals surface area contributed by atoms with Gasteiger partial charge in [0.15, 0.2) is 0 Å². The number of hydrogen-bond acceptors (Lipinski definition) is 3. The lowest BCUT2D eigenvalue weighted by Gasteiger charge is -2.04. The van der Waals surface area contributed by atoms with Crippen molar-refractivity contribution >= 4 is 17.7 Å². The average Bonchev–Trinajstić information content (AvgIpc) is 2.89. The van der Waals surface area contributed by atoms with E-state index in [1.807, 2.05) is 36.6 Å². The molecule has 0 fully saturated rings. The maximum atomic E-state index is 11.8. The zero-order valence-corrected chi connectivity index (χ0v) is 10.3. The van der Waals surface area contributed by atoms with E-state index in [-0.39, 0.29) is 5.91 Å². The number of carbonyl (C=O) groups is 1. The number of carbonyl (C=O) groups excluding carboxylic acids is 1. The van der Waals surface area contributed by atoms with Gasteiger partial charge in [-0.1, -0.05) is 0 Å². The number of rotatable bonds is 4. The van der Waals surface area contributed by atoms with Crippen LogP contribution in [0.1, 0.15) is 16.1 Å². The van der Waals surface area contributed by atoms with Crippen LogP contribution in [0.4, 0.5) is 0 Å². The highest BCUT2D eigenvalue weighted by molar-refractivity contribution is 7.98. The fourth-order valence-electron chi connectivity index (χ4n) is 1.40. The lowest BCUT2D eigenvalue weighted by molar-refractivity contribution is 0.0950. The van der Waals surface area contributed by atoms with Gasteiger partial charge in [0.25, 0.3) is 5.91 Å². The molecule has 2 rings (SSSR count). The molecule has 0 unspecified atom stereocenters. The molecule has 2 aromatic rings. The molecule has 0 spiro atoms. The van der Waals surface area contributed by atoms with Gasteiger partial charge >= 0.3 is 0 Å². The largest absolute Gasteiger partial charge is 0.346 e. The summed E-state index contributed by atoms with van der Waals surface area (Å²) < 4.78 is 0. The van der Waals surface area contributed by atoms with Crippen molar-refractivity contribution < 1.29 is 4.79 Å². The summed E-state index contributed by atoms with van der Waals surface area (Å²) in [5.74, 6) is -0.0766. The monoisotopic (exact) mass is 247 g/mol. The van der Waals surface area contributed by atoms with Gasteiger partial charge in [-0.2, -0.15) is 5.10 Å². The first-order valence-electron chi connectivity index (χ1n) is 5.20. The van der Waals surface area contributed by atoms with E-state index in [4.69, 9.17) is 0 Å². The molecule has 0 aliphatic heterocycles. The molecule has 4 nitrogen and oxygen atoms in total. The van der Waals surface area contributed by atoms with E-state index in [1.165, 1.54) is 0 Å². The van der Waals surface area contributed by atoms with Crippen molar-refractivity contribution in [1.82, 2.24) is 15.5 Å². The van der Waals surface area contributed by atoms with Crippen molar-refractivity contribution in [3.8, 4) is 0 Å². The molecule has 88 valence electrons. The topological polar surface area (TPSA) is 57.8 Å². The van der Waals surface area contributed by atoms with Crippen LogP contribution in [0.15, 0.2) is 41.4 Å². The second-order valence-corrected chi connectivity index (χ2v) is 4.37. The zero-order chi connectivity index (χ0) is 12.1. The highest BCUT2D eigenvalue weighted by atomic mass is 32.2. The minimum atomic E-state index is -0.0766. The smallest absolute Gasteiger partial charge is 0.251 e. The standard InChI is InChI=1S/C12H13N3OS/c1-17-11-4-2-9(3-5-11)12(16)13-8-10-6-7-14-15-10/h2-7H,8H2,1H3,(H,13,16)(H,14,15). The molecular formula is C12H13N3OS. The van der Waals surface area contributed by atoms with Gasteiger partial charge in [0.2, 0.25) is 0 Å². The first-order valence-corrected chi connectivity index (χ1v) is 6.42. The number of amides is 1. The third-order valence-corrected chi connectivity index (χ3v) is 3.09. The predicted octanol–water partition coefficient (Wildman–Crippen LogP) is 2.06. The minimum absolute atomic E-state index is 0.0766. The molecule has 1 heterocycles. The molecule has 0 aliphatic carbocycles. The van der Waals surface area contributed by atoms with E-state index >= 15 is 0 Å². The molecule has 1 amide bonds. The number of benzene rings is 1. The van der Waals surface area contributed by atoms with E-state index in [0.29, 0.717) is 12.1 Å². The number of aromatic amines is 1. The quantitative estimate of drug-likeness (QED) is 0.813. The summed E-state index contributed by atoms with van der Waals surface area (Å²) in [4.78, 5) is 12.9. The van der Waals surface area contributed by atoms with Crippen LogP contribution in [-0.2, 0) is 6.54 Å². The van der Waals surface area contributed by atoms with E-state index < -0.39 is 0 Å². The van der Waals surface area contributed by atoms with Gasteiger partial charge < -0.3 is 5.32 Å². The highest BCUT2D eigenvalue weighted by Crippen LogP contribution is 2.14. The maximum absolute atomic E-state index is 11.8. The summed E-state index contributed by atoms with van der Waals surface area (Å²) in [6.45, 7) is 0.461. The summed E-state index contributed by atoms with van der Waals surface area (Å²) in [5, 5.41) is 9.43. The van der Waals surface area contributed by atoms with Crippen molar-refractivity contribution in [2.24, 2.45) is 0 Å². The van der Waals surface area contributed by atoms with Crippen LogP contribution >= 0.6 is 11.8 Å². The molecule has 5 heteroatoms. The van der Waals surface area contributed by atoms with Gasteiger partial charge in [-0.25, -0.2) is 0 Å². The van der Waals surface area contributed by atoms with Crippen LogP contribution in [0, 0.1) is 0 Å². The second-order valence-electron chi connectivity index (χ2n) is 3.49. The predicted molar refractivity (Wildman–Crippen MR) is 68.0 cm³/mol. The summed E-state index contributed by atoms with van der Waals surface area (Å²) in [6.07, 6.45) is 3.67. The summed E-state index contributed by atoms with van der Waals surface area (Å²) in [6, 6.07) is 9.37. The van der Waals surface area contributed by atoms with Crippen LogP contribution in [0.3, 0.4) is 0 Å². The van der Waals surface area contributed by atoms with Gasteiger partial charge in [-0.05, 0) is 36.6 Å². The van der Waals surface area contributed by atoms with Crippen LogP contribution in [0.25, 0.3) is 0 Å². The van der Waals surface area contributed by atoms with Gasteiger partial charge in [0.05, 0.1) is 12.2 Å². The number of H-pyrrole nitrogens is 1. The van der Waals surface area contributed by atoms with E-state index in [0.717, 1.165) is 10.6 Å². The van der Waals surface area contributed by atoms with Crippen LogP contribution in [-0.4, -0.2) is 22.4 Å². The molecule has 17 heavy (non-hydrogen) atoms. The SMILES string of the molecule is CSc1ccc(C(=O)NCc2ccn[nH]2)cc1. The molecule has 1 aromatic carbocycles. The Kier molecular flexibility index (Phi) is 3.82. The fourth-order valence-corrected chi connectivity index (χ4v) is 1.81. The lowest BCUT2D eigenvalue weighted by Crippen LogP contribution is -2.22. The van der Waals surface area contributed by atoms with Crippen LogP contribution < -0.4 is 5.32 Å². The molecule has 0 atom stereocenters. The molecule has 0 radical (unpaired) electrons. The Morgan fingerprint density at radius 2 is 2.12 bits per heavy atom. The number of thioether (sulfide) groups is 1. The summed E-state index contributed by atoms with van der Waals surface area (Å²) >= 11 is 1.66. The first-order chi connectivity index (χ1) is 8.29. The number of nitrogens with zero attached hydrogens (tertiary/aromatic N) is 1. The normalized spacial score (nSPS) is 10.2. The summed E-state index contributed by atoms with van der Waals surface area (Å²) in [5.41, 5.74) is 1.56. The van der Waals surface area contributed by atoms with Crippen LogP contribution in [0.5, 0.6) is 0 Å². The van der Waals surface area contributed by atoms with Crippen molar-refractivity contribution in [3.05, 3.63) is 47.8 Å². The molecular weight excluding hydrogens is 234 g/mol. The van der Waals surface area contributed by atoms with Gasteiger partial charge in [0.1, 0.15) is 0 Å². The fraction of sp³-hybridized carbons (Fsp3) is 0.167. The van der Waals surface area contributed by atoms with Gasteiger partial charge in [0, 0.05) is 16.7 Å². The van der Waals surface area contributed by atoms with Crippen LogP contribution in [0.2, 0.25) is 0 Å². The Balaban J connectivity index is 1.95. The van der Waals surface area contributed by atoms with E-state index in [1.54, 1.807) is 18.0 Å². The van der Waals surface area contributed by atoms with E-state index in [9.17, 15) is 4.79 Å². The molecule has 0 saturated carbocycles. The second kappa shape index (κ2) is 5.54. The lowest BCUT2D eigenvalue weighted by atomic mass is 10.2. The average molecular weight is 247 g/mol. The Labute approximate surface area is 104 Å². The molecule has 1 aromatic heterocycles. The van der Waals surface area contributed by atoms with Crippen molar-refractivity contribution in [2.45, 2.75) is 11.4 Å². The number of nitrogens with one attached hydrogen (secondary N) is 2. The molecule has 0 aliphatic rings. The van der Waals surface area contributed by atoms with Crippen molar-refractivity contribution in [2.75, 3.05) is 6.26 Å².